The van der Waals surface area contributed by atoms with Crippen LogP contribution in [0.15, 0.2) is 48.5 Å². The number of nitro benzene ring substituents is 1. The molecular formula is C18H19N3O4. The van der Waals surface area contributed by atoms with Gasteiger partial charge >= 0.3 is 0 Å². The molecule has 0 bridgehead atoms. The van der Waals surface area contributed by atoms with Gasteiger partial charge in [0.15, 0.2) is 0 Å². The second-order valence-electron chi connectivity index (χ2n) is 5.73. The van der Waals surface area contributed by atoms with Gasteiger partial charge in [-0.25, -0.2) is 0 Å². The zero-order valence-corrected chi connectivity index (χ0v) is 13.7. The van der Waals surface area contributed by atoms with Crippen molar-refractivity contribution in [2.75, 3.05) is 31.2 Å². The molecule has 130 valence electrons. The van der Waals surface area contributed by atoms with E-state index in [1.807, 2.05) is 35.2 Å². The van der Waals surface area contributed by atoms with Crippen molar-refractivity contribution in [1.82, 2.24) is 5.32 Å². The summed E-state index contributed by atoms with van der Waals surface area (Å²) in [4.78, 5) is 25.3. The Morgan fingerprint density at radius 2 is 1.88 bits per heavy atom. The van der Waals surface area contributed by atoms with E-state index < -0.39 is 4.92 Å². The molecule has 0 radical (unpaired) electrons. The number of nitro groups is 1. The number of morpholine rings is 1. The standard InChI is InChI=1S/C18H19N3O4/c22-18(19-13-14-4-2-1-3-5-14)16-12-15(21(23)24)6-7-17(16)20-8-10-25-11-9-20/h1-7,12H,8-11,13H2,(H,19,22). The Hall–Kier alpha value is -2.93. The van der Waals surface area contributed by atoms with E-state index in [-0.39, 0.29) is 11.6 Å². The molecule has 1 heterocycles. The molecule has 1 aliphatic heterocycles. The number of ether oxygens (including phenoxy) is 1. The number of amides is 1. The van der Waals surface area contributed by atoms with Crippen LogP contribution in [0.25, 0.3) is 0 Å². The van der Waals surface area contributed by atoms with Crippen LogP contribution < -0.4 is 10.2 Å². The molecule has 1 saturated heterocycles. The minimum absolute atomic E-state index is 0.0955. The lowest BCUT2D eigenvalue weighted by Crippen LogP contribution is -2.38. The molecule has 7 heteroatoms. The number of hydrogen-bond acceptors (Lipinski definition) is 5. The summed E-state index contributed by atoms with van der Waals surface area (Å²) >= 11 is 0. The first-order valence-electron chi connectivity index (χ1n) is 8.08. The van der Waals surface area contributed by atoms with Crippen molar-refractivity contribution < 1.29 is 14.5 Å². The number of benzene rings is 2. The lowest BCUT2D eigenvalue weighted by Gasteiger charge is -2.30. The topological polar surface area (TPSA) is 84.7 Å². The first kappa shape index (κ1) is 16.9. The second kappa shape index (κ2) is 7.76. The summed E-state index contributed by atoms with van der Waals surface area (Å²) in [5.41, 5.74) is 1.88. The smallest absolute Gasteiger partial charge is 0.270 e. The van der Waals surface area contributed by atoms with E-state index in [1.54, 1.807) is 6.07 Å². The zero-order valence-electron chi connectivity index (χ0n) is 13.7. The molecule has 0 aromatic heterocycles. The molecular weight excluding hydrogens is 322 g/mol. The molecule has 2 aromatic carbocycles. The van der Waals surface area contributed by atoms with E-state index in [9.17, 15) is 14.9 Å². The van der Waals surface area contributed by atoms with Gasteiger partial charge in [-0.1, -0.05) is 30.3 Å². The molecule has 7 nitrogen and oxygen atoms in total. The van der Waals surface area contributed by atoms with Gasteiger partial charge < -0.3 is 15.0 Å². The van der Waals surface area contributed by atoms with E-state index in [2.05, 4.69) is 5.32 Å². The number of rotatable bonds is 5. The van der Waals surface area contributed by atoms with E-state index in [1.165, 1.54) is 12.1 Å². The van der Waals surface area contributed by atoms with Crippen LogP contribution in [-0.2, 0) is 11.3 Å². The number of carbonyl (C=O) groups excluding carboxylic acids is 1. The van der Waals surface area contributed by atoms with Gasteiger partial charge in [0.2, 0.25) is 0 Å². The fourth-order valence-electron chi connectivity index (χ4n) is 2.77. The Morgan fingerprint density at radius 1 is 1.16 bits per heavy atom. The average Bonchev–Trinajstić information content (AvgIpc) is 2.67. The van der Waals surface area contributed by atoms with Gasteiger partial charge in [0.1, 0.15) is 0 Å². The maximum Gasteiger partial charge on any atom is 0.270 e. The summed E-state index contributed by atoms with van der Waals surface area (Å²) in [6.45, 7) is 2.81. The number of nitrogens with zero attached hydrogens (tertiary/aromatic N) is 2. The lowest BCUT2D eigenvalue weighted by molar-refractivity contribution is -0.384. The highest BCUT2D eigenvalue weighted by atomic mass is 16.6. The van der Waals surface area contributed by atoms with Crippen LogP contribution in [0.2, 0.25) is 0 Å². The summed E-state index contributed by atoms with van der Waals surface area (Å²) in [5, 5.41) is 13.9. The maximum atomic E-state index is 12.7. The maximum absolute atomic E-state index is 12.7. The van der Waals surface area contributed by atoms with Crippen molar-refractivity contribution in [3.05, 3.63) is 69.8 Å². The van der Waals surface area contributed by atoms with E-state index >= 15 is 0 Å². The van der Waals surface area contributed by atoms with Crippen LogP contribution in [0, 0.1) is 10.1 Å². The molecule has 0 atom stereocenters. The number of non-ortho nitro benzene ring substituents is 1. The Morgan fingerprint density at radius 3 is 2.56 bits per heavy atom. The second-order valence-corrected chi connectivity index (χ2v) is 5.73. The monoisotopic (exact) mass is 341 g/mol. The number of hydrogen-bond donors (Lipinski definition) is 1. The van der Waals surface area contributed by atoms with Crippen LogP contribution in [0.1, 0.15) is 15.9 Å². The summed E-state index contributed by atoms with van der Waals surface area (Å²) in [7, 11) is 0. The molecule has 0 saturated carbocycles. The summed E-state index contributed by atoms with van der Waals surface area (Å²) in [6.07, 6.45) is 0. The van der Waals surface area contributed by atoms with E-state index in [0.29, 0.717) is 44.1 Å². The summed E-state index contributed by atoms with van der Waals surface area (Å²) in [5.74, 6) is -0.325. The van der Waals surface area contributed by atoms with Crippen molar-refractivity contribution in [3.63, 3.8) is 0 Å². The largest absolute Gasteiger partial charge is 0.378 e. The van der Waals surface area contributed by atoms with Crippen molar-refractivity contribution in [2.24, 2.45) is 0 Å². The molecule has 2 aromatic rings. The molecule has 3 rings (SSSR count). The van der Waals surface area contributed by atoms with Crippen LogP contribution >= 0.6 is 0 Å². The fraction of sp³-hybridized carbons (Fsp3) is 0.278. The van der Waals surface area contributed by atoms with Gasteiger partial charge in [-0.05, 0) is 11.6 Å². The first-order valence-corrected chi connectivity index (χ1v) is 8.08. The van der Waals surface area contributed by atoms with Crippen molar-refractivity contribution >= 4 is 17.3 Å². The molecule has 25 heavy (non-hydrogen) atoms. The normalized spacial score (nSPS) is 14.2. The quantitative estimate of drug-likeness (QED) is 0.667. The third-order valence-electron chi connectivity index (χ3n) is 4.08. The van der Waals surface area contributed by atoms with Gasteiger partial charge in [0.25, 0.3) is 11.6 Å². The Balaban J connectivity index is 1.84. The predicted octanol–water partition coefficient (Wildman–Crippen LogP) is 2.36. The Labute approximate surface area is 145 Å². The fourth-order valence-corrected chi connectivity index (χ4v) is 2.77. The van der Waals surface area contributed by atoms with E-state index in [4.69, 9.17) is 4.74 Å². The number of nitrogens with one attached hydrogen (secondary N) is 1. The Kier molecular flexibility index (Phi) is 5.25. The highest BCUT2D eigenvalue weighted by Crippen LogP contribution is 2.26. The van der Waals surface area contributed by atoms with Crippen LogP contribution in [-0.4, -0.2) is 37.1 Å². The minimum atomic E-state index is -0.489. The lowest BCUT2D eigenvalue weighted by atomic mass is 10.1. The average molecular weight is 341 g/mol. The molecule has 1 amide bonds. The zero-order chi connectivity index (χ0) is 17.6. The summed E-state index contributed by atoms with van der Waals surface area (Å²) in [6, 6.07) is 13.9. The van der Waals surface area contributed by atoms with Crippen LogP contribution in [0.5, 0.6) is 0 Å². The predicted molar refractivity (Wildman–Crippen MR) is 93.7 cm³/mol. The highest BCUT2D eigenvalue weighted by Gasteiger charge is 2.21. The molecule has 1 fully saturated rings. The third-order valence-corrected chi connectivity index (χ3v) is 4.08. The van der Waals surface area contributed by atoms with Gasteiger partial charge in [-0.2, -0.15) is 0 Å². The first-order chi connectivity index (χ1) is 12.1. The molecule has 1 N–H and O–H groups in total. The minimum Gasteiger partial charge on any atom is -0.378 e. The van der Waals surface area contributed by atoms with Crippen LogP contribution in [0.4, 0.5) is 11.4 Å². The molecule has 0 unspecified atom stereocenters. The SMILES string of the molecule is O=C(NCc1ccccc1)c1cc([N+](=O)[O-])ccc1N1CCOCC1. The van der Waals surface area contributed by atoms with Gasteiger partial charge in [0, 0.05) is 31.8 Å². The van der Waals surface area contributed by atoms with Crippen molar-refractivity contribution in [1.29, 1.82) is 0 Å². The van der Waals surface area contributed by atoms with E-state index in [0.717, 1.165) is 5.56 Å². The summed E-state index contributed by atoms with van der Waals surface area (Å²) < 4.78 is 5.34. The van der Waals surface area contributed by atoms with Gasteiger partial charge in [-0.3, -0.25) is 14.9 Å². The Bertz CT molecular complexity index is 758. The van der Waals surface area contributed by atoms with Gasteiger partial charge in [0.05, 0.1) is 29.4 Å². The van der Waals surface area contributed by atoms with Crippen molar-refractivity contribution in [3.8, 4) is 0 Å². The van der Waals surface area contributed by atoms with Crippen molar-refractivity contribution in [2.45, 2.75) is 6.54 Å². The molecule has 0 spiro atoms. The number of anilines is 1. The number of carbonyl (C=O) groups is 1. The van der Waals surface area contributed by atoms with Gasteiger partial charge in [-0.15, -0.1) is 0 Å². The molecule has 0 aliphatic carbocycles. The third kappa shape index (κ3) is 4.13. The highest BCUT2D eigenvalue weighted by molar-refractivity contribution is 6.00. The molecule has 1 aliphatic rings. The van der Waals surface area contributed by atoms with Crippen LogP contribution in [0.3, 0.4) is 0 Å².